The highest BCUT2D eigenvalue weighted by Crippen LogP contribution is 2.33. The summed E-state index contributed by atoms with van der Waals surface area (Å²) in [6.07, 6.45) is 1.80. The van der Waals surface area contributed by atoms with Crippen LogP contribution in [0, 0.1) is 0 Å². The zero-order valence-electron chi connectivity index (χ0n) is 19.2. The standard InChI is InChI=1S/C26H30N2O4S/c1-4-11-20(2)27-26(29)22-14-10-15-23(18-22)33(30,31)28(19-21-12-6-5-7-13-21)24-16-8-9-17-25(24)32-3/h5-10,12-18,20H,4,11,19H2,1-3H3,(H,27,29)/t20-/m1/s1. The van der Waals surface area contributed by atoms with Gasteiger partial charge in [-0.15, -0.1) is 0 Å². The Bertz CT molecular complexity index is 1180. The fourth-order valence-corrected chi connectivity index (χ4v) is 5.13. The number of hydrogen-bond acceptors (Lipinski definition) is 4. The number of nitrogens with zero attached hydrogens (tertiary/aromatic N) is 1. The average Bonchev–Trinajstić information content (AvgIpc) is 2.83. The van der Waals surface area contributed by atoms with Crippen LogP contribution in [0.5, 0.6) is 5.75 Å². The van der Waals surface area contributed by atoms with Crippen molar-refractivity contribution in [1.29, 1.82) is 0 Å². The van der Waals surface area contributed by atoms with E-state index in [1.165, 1.54) is 23.5 Å². The van der Waals surface area contributed by atoms with E-state index in [1.807, 2.05) is 37.3 Å². The van der Waals surface area contributed by atoms with E-state index in [-0.39, 0.29) is 23.4 Å². The van der Waals surface area contributed by atoms with E-state index >= 15 is 0 Å². The maximum atomic E-state index is 13.8. The fraction of sp³-hybridized carbons (Fsp3) is 0.269. The molecule has 1 N–H and O–H groups in total. The van der Waals surface area contributed by atoms with Crippen LogP contribution in [0.2, 0.25) is 0 Å². The smallest absolute Gasteiger partial charge is 0.264 e. The molecule has 3 aromatic rings. The number of para-hydroxylation sites is 2. The highest BCUT2D eigenvalue weighted by molar-refractivity contribution is 7.92. The summed E-state index contributed by atoms with van der Waals surface area (Å²) in [6.45, 7) is 4.10. The molecule has 174 valence electrons. The highest BCUT2D eigenvalue weighted by Gasteiger charge is 2.28. The predicted octanol–water partition coefficient (Wildman–Crippen LogP) is 5.01. The Morgan fingerprint density at radius 3 is 2.39 bits per heavy atom. The number of carbonyl (C=O) groups excluding carboxylic acids is 1. The highest BCUT2D eigenvalue weighted by atomic mass is 32.2. The number of nitrogens with one attached hydrogen (secondary N) is 1. The van der Waals surface area contributed by atoms with Gasteiger partial charge in [0, 0.05) is 11.6 Å². The summed E-state index contributed by atoms with van der Waals surface area (Å²) < 4.78 is 34.5. The average molecular weight is 467 g/mol. The molecule has 33 heavy (non-hydrogen) atoms. The Morgan fingerprint density at radius 1 is 1.00 bits per heavy atom. The lowest BCUT2D eigenvalue weighted by Gasteiger charge is -2.26. The van der Waals surface area contributed by atoms with E-state index in [0.29, 0.717) is 17.0 Å². The van der Waals surface area contributed by atoms with Crippen LogP contribution < -0.4 is 14.4 Å². The maximum absolute atomic E-state index is 13.8. The van der Waals surface area contributed by atoms with Crippen LogP contribution in [-0.2, 0) is 16.6 Å². The number of anilines is 1. The minimum absolute atomic E-state index is 0.00548. The SMILES string of the molecule is CCC[C@@H](C)NC(=O)c1cccc(S(=O)(=O)N(Cc2ccccc2)c2ccccc2OC)c1. The number of methoxy groups -OCH3 is 1. The lowest BCUT2D eigenvalue weighted by Crippen LogP contribution is -2.33. The lowest BCUT2D eigenvalue weighted by atomic mass is 10.1. The van der Waals surface area contributed by atoms with E-state index in [1.54, 1.807) is 36.4 Å². The second-order valence-electron chi connectivity index (χ2n) is 7.86. The first kappa shape index (κ1) is 24.3. The van der Waals surface area contributed by atoms with E-state index in [4.69, 9.17) is 4.74 Å². The van der Waals surface area contributed by atoms with Gasteiger partial charge >= 0.3 is 0 Å². The minimum Gasteiger partial charge on any atom is -0.495 e. The third-order valence-electron chi connectivity index (χ3n) is 5.31. The van der Waals surface area contributed by atoms with Crippen LogP contribution in [0.4, 0.5) is 5.69 Å². The summed E-state index contributed by atoms with van der Waals surface area (Å²) in [6, 6.07) is 22.5. The second kappa shape index (κ2) is 11.0. The Morgan fingerprint density at radius 2 is 1.70 bits per heavy atom. The zero-order valence-corrected chi connectivity index (χ0v) is 20.0. The Balaban J connectivity index is 2.02. The van der Waals surface area contributed by atoms with Crippen molar-refractivity contribution in [3.63, 3.8) is 0 Å². The molecule has 3 rings (SSSR count). The largest absolute Gasteiger partial charge is 0.495 e. The van der Waals surface area contributed by atoms with E-state index in [2.05, 4.69) is 12.2 Å². The van der Waals surface area contributed by atoms with Gasteiger partial charge in [0.25, 0.3) is 15.9 Å². The third-order valence-corrected chi connectivity index (χ3v) is 7.06. The first-order valence-electron chi connectivity index (χ1n) is 11.0. The fourth-order valence-electron chi connectivity index (χ4n) is 3.62. The van der Waals surface area contributed by atoms with Crippen molar-refractivity contribution in [2.75, 3.05) is 11.4 Å². The van der Waals surface area contributed by atoms with Crippen molar-refractivity contribution in [3.05, 3.63) is 90.0 Å². The molecule has 0 aliphatic rings. The van der Waals surface area contributed by atoms with Crippen LogP contribution >= 0.6 is 0 Å². The number of amides is 1. The van der Waals surface area contributed by atoms with Gasteiger partial charge in [-0.3, -0.25) is 9.10 Å². The molecule has 1 amide bonds. The van der Waals surface area contributed by atoms with Gasteiger partial charge in [-0.05, 0) is 49.2 Å². The molecule has 3 aromatic carbocycles. The van der Waals surface area contributed by atoms with Gasteiger partial charge in [0.05, 0.1) is 24.2 Å². The molecule has 0 saturated heterocycles. The number of sulfonamides is 1. The molecule has 0 spiro atoms. The van der Waals surface area contributed by atoms with Crippen molar-refractivity contribution in [2.45, 2.75) is 44.2 Å². The molecule has 0 bridgehead atoms. The number of hydrogen-bond donors (Lipinski definition) is 1. The number of rotatable bonds is 10. The van der Waals surface area contributed by atoms with Crippen LogP contribution in [0.1, 0.15) is 42.6 Å². The minimum atomic E-state index is -4.01. The number of carbonyl (C=O) groups is 1. The summed E-state index contributed by atoms with van der Waals surface area (Å²) in [5.41, 5.74) is 1.56. The molecule has 0 radical (unpaired) electrons. The molecule has 0 aliphatic carbocycles. The maximum Gasteiger partial charge on any atom is 0.264 e. The Kier molecular flexibility index (Phi) is 8.11. The third kappa shape index (κ3) is 5.93. The molecule has 0 heterocycles. The van der Waals surface area contributed by atoms with Gasteiger partial charge in [0.15, 0.2) is 0 Å². The van der Waals surface area contributed by atoms with Crippen molar-refractivity contribution in [2.24, 2.45) is 0 Å². The van der Waals surface area contributed by atoms with Crippen molar-refractivity contribution in [1.82, 2.24) is 5.32 Å². The van der Waals surface area contributed by atoms with Crippen molar-refractivity contribution in [3.8, 4) is 5.75 Å². The quantitative estimate of drug-likeness (QED) is 0.456. The van der Waals surface area contributed by atoms with Gasteiger partial charge in [0.1, 0.15) is 5.75 Å². The van der Waals surface area contributed by atoms with E-state index in [9.17, 15) is 13.2 Å². The van der Waals surface area contributed by atoms with Crippen LogP contribution in [0.3, 0.4) is 0 Å². The molecule has 0 fully saturated rings. The molecule has 0 aliphatic heterocycles. The second-order valence-corrected chi connectivity index (χ2v) is 9.72. The first-order chi connectivity index (χ1) is 15.9. The summed E-state index contributed by atoms with van der Waals surface area (Å²) >= 11 is 0. The van der Waals surface area contributed by atoms with Gasteiger partial charge in [0.2, 0.25) is 0 Å². The number of benzene rings is 3. The van der Waals surface area contributed by atoms with E-state index in [0.717, 1.165) is 18.4 Å². The lowest BCUT2D eigenvalue weighted by molar-refractivity contribution is 0.0938. The van der Waals surface area contributed by atoms with Crippen LogP contribution in [0.25, 0.3) is 0 Å². The molecular formula is C26H30N2O4S. The van der Waals surface area contributed by atoms with Gasteiger partial charge in [-0.25, -0.2) is 8.42 Å². The van der Waals surface area contributed by atoms with Crippen LogP contribution in [0.15, 0.2) is 83.8 Å². The van der Waals surface area contributed by atoms with Gasteiger partial charge < -0.3 is 10.1 Å². The molecular weight excluding hydrogens is 436 g/mol. The predicted molar refractivity (Wildman–Crippen MR) is 131 cm³/mol. The monoisotopic (exact) mass is 466 g/mol. The normalized spacial score (nSPS) is 12.1. The van der Waals surface area contributed by atoms with Crippen molar-refractivity contribution < 1.29 is 17.9 Å². The summed E-state index contributed by atoms with van der Waals surface area (Å²) in [4.78, 5) is 12.7. The summed E-state index contributed by atoms with van der Waals surface area (Å²) in [5, 5.41) is 2.93. The Labute approximate surface area is 196 Å². The molecule has 0 saturated carbocycles. The van der Waals surface area contributed by atoms with Gasteiger partial charge in [-0.1, -0.05) is 61.9 Å². The molecule has 0 unspecified atom stereocenters. The molecule has 6 nitrogen and oxygen atoms in total. The Hall–Kier alpha value is -3.32. The molecule has 1 atom stereocenters. The molecule has 0 aromatic heterocycles. The summed E-state index contributed by atoms with van der Waals surface area (Å²) in [7, 11) is -2.50. The van der Waals surface area contributed by atoms with Crippen LogP contribution in [-0.4, -0.2) is 27.5 Å². The van der Waals surface area contributed by atoms with E-state index < -0.39 is 10.0 Å². The topological polar surface area (TPSA) is 75.7 Å². The molecule has 7 heteroatoms. The number of ether oxygens (including phenoxy) is 1. The van der Waals surface area contributed by atoms with Gasteiger partial charge in [-0.2, -0.15) is 0 Å². The zero-order chi connectivity index (χ0) is 23.8. The first-order valence-corrected chi connectivity index (χ1v) is 12.4. The van der Waals surface area contributed by atoms with Crippen molar-refractivity contribution >= 4 is 21.6 Å². The summed E-state index contributed by atoms with van der Waals surface area (Å²) in [5.74, 6) is 0.152.